The van der Waals surface area contributed by atoms with E-state index in [0.717, 1.165) is 5.00 Å². The Morgan fingerprint density at radius 2 is 2.56 bits per heavy atom. The molecule has 0 saturated heterocycles. The summed E-state index contributed by atoms with van der Waals surface area (Å²) in [6, 6.07) is 0. The molecule has 1 aromatic rings. The number of hydrazine groups is 2. The standard InChI is InChI=1S/C4H8N4S/c1-5-8-7-4-2-6-3-9-4/h2-3,5,7-8H,1H3. The van der Waals surface area contributed by atoms with Crippen LogP contribution in [0.4, 0.5) is 5.00 Å². The lowest BCUT2D eigenvalue weighted by atomic mass is 10.9. The topological polar surface area (TPSA) is 49.0 Å². The van der Waals surface area contributed by atoms with Gasteiger partial charge in [0, 0.05) is 7.05 Å². The molecule has 1 aromatic heterocycles. The van der Waals surface area contributed by atoms with Gasteiger partial charge in [-0.05, 0) is 0 Å². The van der Waals surface area contributed by atoms with E-state index in [1.807, 2.05) is 0 Å². The molecular weight excluding hydrogens is 136 g/mol. The number of nitrogens with one attached hydrogen (secondary N) is 3. The first-order valence-corrected chi connectivity index (χ1v) is 3.37. The molecule has 0 fully saturated rings. The highest BCUT2D eigenvalue weighted by atomic mass is 32.1. The molecule has 0 aliphatic carbocycles. The van der Waals surface area contributed by atoms with Crippen molar-refractivity contribution in [3.8, 4) is 0 Å². The quantitative estimate of drug-likeness (QED) is 0.530. The molecule has 0 bridgehead atoms. The van der Waals surface area contributed by atoms with Crippen LogP contribution in [0.2, 0.25) is 0 Å². The summed E-state index contributed by atoms with van der Waals surface area (Å²) in [5.41, 5.74) is 10.1. The first kappa shape index (κ1) is 6.47. The van der Waals surface area contributed by atoms with Crippen molar-refractivity contribution in [3.05, 3.63) is 11.7 Å². The Kier molecular flexibility index (Phi) is 2.44. The molecule has 50 valence electrons. The van der Waals surface area contributed by atoms with Gasteiger partial charge in [0.1, 0.15) is 5.00 Å². The normalized spacial score (nSPS) is 9.44. The van der Waals surface area contributed by atoms with Gasteiger partial charge >= 0.3 is 0 Å². The number of hydrogen-bond acceptors (Lipinski definition) is 5. The summed E-state index contributed by atoms with van der Waals surface area (Å²) in [6.07, 6.45) is 1.75. The Hall–Kier alpha value is -0.650. The molecule has 1 rings (SSSR count). The maximum Gasteiger partial charge on any atom is 0.124 e. The summed E-state index contributed by atoms with van der Waals surface area (Å²) in [7, 11) is 1.79. The molecule has 0 atom stereocenters. The van der Waals surface area contributed by atoms with E-state index < -0.39 is 0 Å². The fourth-order valence-corrected chi connectivity index (χ4v) is 0.869. The fourth-order valence-electron chi connectivity index (χ4n) is 0.402. The lowest BCUT2D eigenvalue weighted by Crippen LogP contribution is -2.32. The van der Waals surface area contributed by atoms with E-state index in [2.05, 4.69) is 21.4 Å². The summed E-state index contributed by atoms with van der Waals surface area (Å²) in [5, 5.41) is 0.990. The number of anilines is 1. The number of aromatic nitrogens is 1. The van der Waals surface area contributed by atoms with Crippen molar-refractivity contribution in [2.45, 2.75) is 0 Å². The van der Waals surface area contributed by atoms with Crippen LogP contribution in [0.3, 0.4) is 0 Å². The van der Waals surface area contributed by atoms with Crippen LogP contribution in [-0.2, 0) is 0 Å². The van der Waals surface area contributed by atoms with Gasteiger partial charge in [0.05, 0.1) is 11.7 Å². The second kappa shape index (κ2) is 3.39. The van der Waals surface area contributed by atoms with Gasteiger partial charge in [-0.15, -0.1) is 11.3 Å². The van der Waals surface area contributed by atoms with E-state index >= 15 is 0 Å². The minimum absolute atomic E-state index is 0.990. The Morgan fingerprint density at radius 3 is 3.11 bits per heavy atom. The van der Waals surface area contributed by atoms with Gasteiger partial charge in [-0.3, -0.25) is 10.4 Å². The van der Waals surface area contributed by atoms with Crippen LogP contribution in [-0.4, -0.2) is 12.0 Å². The fraction of sp³-hybridized carbons (Fsp3) is 0.250. The van der Waals surface area contributed by atoms with E-state index in [0.29, 0.717) is 0 Å². The second-order valence-corrected chi connectivity index (χ2v) is 2.25. The molecule has 0 unspecified atom stereocenters. The number of thiazole rings is 1. The van der Waals surface area contributed by atoms with Crippen molar-refractivity contribution in [1.82, 2.24) is 15.9 Å². The Morgan fingerprint density at radius 1 is 1.67 bits per heavy atom. The Labute approximate surface area is 57.2 Å². The molecule has 3 N–H and O–H groups in total. The monoisotopic (exact) mass is 144 g/mol. The largest absolute Gasteiger partial charge is 0.298 e. The van der Waals surface area contributed by atoms with E-state index in [4.69, 9.17) is 0 Å². The van der Waals surface area contributed by atoms with E-state index in [9.17, 15) is 0 Å². The third-order valence-electron chi connectivity index (χ3n) is 0.743. The molecule has 0 aliphatic rings. The maximum atomic E-state index is 3.86. The first-order valence-electron chi connectivity index (χ1n) is 2.49. The SMILES string of the molecule is CNNNc1cncs1. The minimum atomic E-state index is 0.990. The van der Waals surface area contributed by atoms with E-state index in [-0.39, 0.29) is 0 Å². The van der Waals surface area contributed by atoms with Gasteiger partial charge < -0.3 is 0 Å². The maximum absolute atomic E-state index is 3.86. The molecule has 0 aromatic carbocycles. The van der Waals surface area contributed by atoms with Gasteiger partial charge in [0.2, 0.25) is 0 Å². The molecule has 0 saturated carbocycles. The zero-order valence-electron chi connectivity index (χ0n) is 5.01. The highest BCUT2D eigenvalue weighted by molar-refractivity contribution is 7.13. The molecule has 4 nitrogen and oxygen atoms in total. The van der Waals surface area contributed by atoms with Crippen molar-refractivity contribution in [2.24, 2.45) is 0 Å². The smallest absolute Gasteiger partial charge is 0.124 e. The van der Waals surface area contributed by atoms with Crippen LogP contribution in [0.15, 0.2) is 11.7 Å². The summed E-state index contributed by atoms with van der Waals surface area (Å²) >= 11 is 1.54. The molecule has 5 heteroatoms. The molecule has 1 heterocycles. The number of nitrogens with zero attached hydrogens (tertiary/aromatic N) is 1. The van der Waals surface area contributed by atoms with Crippen LogP contribution >= 0.6 is 11.3 Å². The van der Waals surface area contributed by atoms with E-state index in [1.165, 1.54) is 11.3 Å². The van der Waals surface area contributed by atoms with Gasteiger partial charge in [-0.1, -0.05) is 0 Å². The average molecular weight is 144 g/mol. The Bertz CT molecular complexity index is 150. The number of hydrogen-bond donors (Lipinski definition) is 3. The van der Waals surface area contributed by atoms with Crippen molar-refractivity contribution in [1.29, 1.82) is 0 Å². The second-order valence-electron chi connectivity index (χ2n) is 1.37. The molecular formula is C4H8N4S. The van der Waals surface area contributed by atoms with Gasteiger partial charge in [0.15, 0.2) is 0 Å². The van der Waals surface area contributed by atoms with Crippen LogP contribution in [0.1, 0.15) is 0 Å². The minimum Gasteiger partial charge on any atom is -0.298 e. The van der Waals surface area contributed by atoms with Crippen molar-refractivity contribution >= 4 is 16.3 Å². The summed E-state index contributed by atoms with van der Waals surface area (Å²) in [5.74, 6) is 0. The van der Waals surface area contributed by atoms with Crippen LogP contribution in [0.5, 0.6) is 0 Å². The summed E-state index contributed by atoms with van der Waals surface area (Å²) < 4.78 is 0. The summed E-state index contributed by atoms with van der Waals surface area (Å²) in [6.45, 7) is 0. The zero-order chi connectivity index (χ0) is 6.53. The highest BCUT2D eigenvalue weighted by Gasteiger charge is 1.86. The highest BCUT2D eigenvalue weighted by Crippen LogP contribution is 2.09. The van der Waals surface area contributed by atoms with Crippen LogP contribution in [0.25, 0.3) is 0 Å². The lowest BCUT2D eigenvalue weighted by Gasteiger charge is -2.00. The van der Waals surface area contributed by atoms with Crippen LogP contribution < -0.4 is 16.4 Å². The molecule has 0 radical (unpaired) electrons. The zero-order valence-corrected chi connectivity index (χ0v) is 5.83. The summed E-state index contributed by atoms with van der Waals surface area (Å²) in [4.78, 5) is 3.86. The van der Waals surface area contributed by atoms with Crippen molar-refractivity contribution in [3.63, 3.8) is 0 Å². The van der Waals surface area contributed by atoms with E-state index in [1.54, 1.807) is 18.8 Å². The van der Waals surface area contributed by atoms with Crippen LogP contribution in [0, 0.1) is 0 Å². The molecule has 0 amide bonds. The van der Waals surface area contributed by atoms with Gasteiger partial charge in [0.25, 0.3) is 0 Å². The number of rotatable bonds is 3. The molecule has 0 spiro atoms. The predicted molar refractivity (Wildman–Crippen MR) is 37.9 cm³/mol. The Balaban J connectivity index is 2.30. The third-order valence-corrected chi connectivity index (χ3v) is 1.43. The van der Waals surface area contributed by atoms with Crippen molar-refractivity contribution < 1.29 is 0 Å². The average Bonchev–Trinajstić information content (AvgIpc) is 2.34. The first-order chi connectivity index (χ1) is 4.43. The van der Waals surface area contributed by atoms with Crippen molar-refractivity contribution in [2.75, 3.05) is 12.5 Å². The molecule has 9 heavy (non-hydrogen) atoms. The lowest BCUT2D eigenvalue weighted by molar-refractivity contribution is 0.680. The van der Waals surface area contributed by atoms with Gasteiger partial charge in [-0.2, -0.15) is 5.53 Å². The van der Waals surface area contributed by atoms with Gasteiger partial charge in [-0.25, -0.2) is 5.43 Å². The predicted octanol–water partition coefficient (Wildman–Crippen LogP) is 0.194. The third kappa shape index (κ3) is 1.96. The molecule has 0 aliphatic heterocycles.